The Morgan fingerprint density at radius 1 is 1.46 bits per heavy atom. The number of rotatable bonds is 1. The van der Waals surface area contributed by atoms with Gasteiger partial charge in [-0.05, 0) is 0 Å². The molecule has 2 aromatic rings. The van der Waals surface area contributed by atoms with Gasteiger partial charge in [-0.3, -0.25) is 0 Å². The van der Waals surface area contributed by atoms with Crippen LogP contribution in [0.5, 0.6) is 0 Å². The van der Waals surface area contributed by atoms with Gasteiger partial charge in [0, 0.05) is 12.0 Å². The maximum Gasteiger partial charge on any atom is 0.177 e. The maximum atomic E-state index is 12.7. The molecule has 0 unspecified atom stereocenters. The number of hydrogen-bond acceptors (Lipinski definition) is 2. The highest BCUT2D eigenvalue weighted by atomic mass is 19.1. The highest BCUT2D eigenvalue weighted by Crippen LogP contribution is 2.15. The second-order valence-electron chi connectivity index (χ2n) is 3.30. The molecule has 0 atom stereocenters. The predicted octanol–water partition coefficient (Wildman–Crippen LogP) is 2.22. The third kappa shape index (κ3) is 1.39. The van der Waals surface area contributed by atoms with Gasteiger partial charge in [0.25, 0.3) is 0 Å². The van der Waals surface area contributed by atoms with Crippen LogP contribution in [-0.2, 0) is 0 Å². The van der Waals surface area contributed by atoms with E-state index >= 15 is 0 Å². The second kappa shape index (κ2) is 2.80. The zero-order chi connectivity index (χ0) is 9.42. The number of imidazole rings is 1. The highest BCUT2D eigenvalue weighted by Gasteiger charge is 2.07. The van der Waals surface area contributed by atoms with Crippen LogP contribution in [0, 0.1) is 5.82 Å². The Balaban J connectivity index is 2.62. The van der Waals surface area contributed by atoms with E-state index < -0.39 is 0 Å². The largest absolute Gasteiger partial charge is 0.340 e. The fourth-order valence-corrected chi connectivity index (χ4v) is 1.17. The van der Waals surface area contributed by atoms with Gasteiger partial charge in [-0.15, -0.1) is 0 Å². The second-order valence-corrected chi connectivity index (χ2v) is 3.30. The molecule has 0 fully saturated rings. The van der Waals surface area contributed by atoms with Crippen LogP contribution in [0.2, 0.25) is 0 Å². The number of hydrogen-bond donors (Lipinski definition) is 1. The smallest absolute Gasteiger partial charge is 0.177 e. The van der Waals surface area contributed by atoms with Crippen molar-refractivity contribution in [3.8, 4) is 0 Å². The van der Waals surface area contributed by atoms with Crippen molar-refractivity contribution in [2.45, 2.75) is 19.8 Å². The number of aromatic nitrogens is 3. The summed E-state index contributed by atoms with van der Waals surface area (Å²) in [7, 11) is 0. The summed E-state index contributed by atoms with van der Waals surface area (Å²) in [6, 6.07) is 1.40. The van der Waals surface area contributed by atoms with Crippen molar-refractivity contribution in [1.82, 2.24) is 15.0 Å². The summed E-state index contributed by atoms with van der Waals surface area (Å²) >= 11 is 0. The van der Waals surface area contributed by atoms with Crippen LogP contribution in [0.15, 0.2) is 12.3 Å². The maximum absolute atomic E-state index is 12.7. The van der Waals surface area contributed by atoms with Gasteiger partial charge in [0.15, 0.2) is 5.65 Å². The van der Waals surface area contributed by atoms with Crippen molar-refractivity contribution < 1.29 is 4.39 Å². The van der Waals surface area contributed by atoms with Crippen molar-refractivity contribution in [1.29, 1.82) is 0 Å². The quantitative estimate of drug-likeness (QED) is 0.729. The molecule has 0 saturated heterocycles. The average Bonchev–Trinajstić information content (AvgIpc) is 2.46. The van der Waals surface area contributed by atoms with Crippen molar-refractivity contribution in [2.75, 3.05) is 0 Å². The molecule has 2 heterocycles. The van der Waals surface area contributed by atoms with Crippen LogP contribution in [0.25, 0.3) is 11.2 Å². The van der Waals surface area contributed by atoms with Crippen molar-refractivity contribution in [2.24, 2.45) is 0 Å². The minimum atomic E-state index is -0.341. The van der Waals surface area contributed by atoms with Crippen LogP contribution in [-0.4, -0.2) is 15.0 Å². The SMILES string of the molecule is CC(C)c1nc2ncc(F)cc2[nH]1. The number of halogens is 1. The number of pyridine rings is 1. The lowest BCUT2D eigenvalue weighted by Gasteiger charge is -1.95. The Labute approximate surface area is 75.0 Å². The molecule has 0 bridgehead atoms. The van der Waals surface area contributed by atoms with Gasteiger partial charge in [-0.2, -0.15) is 0 Å². The fourth-order valence-electron chi connectivity index (χ4n) is 1.17. The Morgan fingerprint density at radius 2 is 2.23 bits per heavy atom. The average molecular weight is 179 g/mol. The number of H-pyrrole nitrogens is 1. The molecule has 2 rings (SSSR count). The zero-order valence-corrected chi connectivity index (χ0v) is 7.50. The van der Waals surface area contributed by atoms with Gasteiger partial charge in [-0.25, -0.2) is 14.4 Å². The molecule has 0 aliphatic carbocycles. The summed E-state index contributed by atoms with van der Waals surface area (Å²) in [4.78, 5) is 11.1. The fraction of sp³-hybridized carbons (Fsp3) is 0.333. The summed E-state index contributed by atoms with van der Waals surface area (Å²) in [6.45, 7) is 4.04. The zero-order valence-electron chi connectivity index (χ0n) is 7.50. The highest BCUT2D eigenvalue weighted by molar-refractivity contribution is 5.70. The summed E-state index contributed by atoms with van der Waals surface area (Å²) in [6.07, 6.45) is 1.17. The van der Waals surface area contributed by atoms with Crippen molar-refractivity contribution >= 4 is 11.2 Å². The van der Waals surface area contributed by atoms with E-state index in [-0.39, 0.29) is 5.82 Å². The Morgan fingerprint density at radius 3 is 2.92 bits per heavy atom. The van der Waals surface area contributed by atoms with Crippen LogP contribution in [0.1, 0.15) is 25.6 Å². The molecule has 0 amide bonds. The number of fused-ring (bicyclic) bond motifs is 1. The molecule has 2 aromatic heterocycles. The van der Waals surface area contributed by atoms with Gasteiger partial charge in [0.05, 0.1) is 11.7 Å². The molecule has 4 heteroatoms. The first-order valence-corrected chi connectivity index (χ1v) is 4.18. The van der Waals surface area contributed by atoms with Crippen LogP contribution < -0.4 is 0 Å². The van der Waals surface area contributed by atoms with E-state index in [4.69, 9.17) is 0 Å². The normalized spacial score (nSPS) is 11.4. The predicted molar refractivity (Wildman–Crippen MR) is 47.9 cm³/mol. The first-order chi connectivity index (χ1) is 6.16. The van der Waals surface area contributed by atoms with E-state index in [0.717, 1.165) is 5.82 Å². The van der Waals surface area contributed by atoms with Gasteiger partial charge in [0.1, 0.15) is 11.6 Å². The molecule has 0 aliphatic rings. The van der Waals surface area contributed by atoms with E-state index in [1.165, 1.54) is 12.3 Å². The molecule has 68 valence electrons. The molecule has 0 radical (unpaired) electrons. The van der Waals surface area contributed by atoms with Crippen LogP contribution in [0.3, 0.4) is 0 Å². The lowest BCUT2D eigenvalue weighted by atomic mass is 10.2. The summed E-state index contributed by atoms with van der Waals surface area (Å²) in [5.41, 5.74) is 1.23. The van der Waals surface area contributed by atoms with Gasteiger partial charge in [0.2, 0.25) is 0 Å². The topological polar surface area (TPSA) is 41.6 Å². The van der Waals surface area contributed by atoms with E-state index in [1.807, 2.05) is 13.8 Å². The molecule has 0 aromatic carbocycles. The molecule has 13 heavy (non-hydrogen) atoms. The molecular weight excluding hydrogens is 169 g/mol. The van der Waals surface area contributed by atoms with Crippen molar-refractivity contribution in [3.63, 3.8) is 0 Å². The monoisotopic (exact) mass is 179 g/mol. The van der Waals surface area contributed by atoms with E-state index in [0.29, 0.717) is 17.1 Å². The summed E-state index contributed by atoms with van der Waals surface area (Å²) in [5, 5.41) is 0. The Hall–Kier alpha value is -1.45. The molecule has 0 aliphatic heterocycles. The third-order valence-corrected chi connectivity index (χ3v) is 1.87. The molecule has 1 N–H and O–H groups in total. The minimum Gasteiger partial charge on any atom is -0.340 e. The molecule has 3 nitrogen and oxygen atoms in total. The van der Waals surface area contributed by atoms with E-state index in [9.17, 15) is 4.39 Å². The Kier molecular flexibility index (Phi) is 1.76. The van der Waals surface area contributed by atoms with E-state index in [2.05, 4.69) is 15.0 Å². The first-order valence-electron chi connectivity index (χ1n) is 4.18. The number of nitrogens with one attached hydrogen (secondary N) is 1. The number of nitrogens with zero attached hydrogens (tertiary/aromatic N) is 2. The molecular formula is C9H10FN3. The van der Waals surface area contributed by atoms with Crippen LogP contribution >= 0.6 is 0 Å². The standard InChI is InChI=1S/C9H10FN3/c1-5(2)8-12-7-3-6(10)4-11-9(7)13-8/h3-5H,1-2H3,(H,11,12,13). The van der Waals surface area contributed by atoms with Gasteiger partial charge in [-0.1, -0.05) is 13.8 Å². The third-order valence-electron chi connectivity index (χ3n) is 1.87. The number of aromatic amines is 1. The summed E-state index contributed by atoms with van der Waals surface area (Å²) < 4.78 is 12.7. The van der Waals surface area contributed by atoms with Gasteiger partial charge < -0.3 is 4.98 Å². The van der Waals surface area contributed by atoms with Crippen LogP contribution in [0.4, 0.5) is 4.39 Å². The van der Waals surface area contributed by atoms with Crippen molar-refractivity contribution in [3.05, 3.63) is 23.9 Å². The minimum absolute atomic E-state index is 0.303. The van der Waals surface area contributed by atoms with E-state index in [1.54, 1.807) is 0 Å². The lowest BCUT2D eigenvalue weighted by molar-refractivity contribution is 0.624. The summed E-state index contributed by atoms with van der Waals surface area (Å²) in [5.74, 6) is 0.803. The molecule has 0 saturated carbocycles. The lowest BCUT2D eigenvalue weighted by Crippen LogP contribution is -1.88. The van der Waals surface area contributed by atoms with Gasteiger partial charge >= 0.3 is 0 Å². The first kappa shape index (κ1) is 8.16. The molecule has 0 spiro atoms. The Bertz CT molecular complexity index is 433.